The first-order valence-electron chi connectivity index (χ1n) is 11.4. The number of benzene rings is 1. The molecule has 1 aromatic carbocycles. The van der Waals surface area contributed by atoms with Crippen LogP contribution in [0, 0.1) is 0 Å². The lowest BCUT2D eigenvalue weighted by molar-refractivity contribution is -0.123. The second kappa shape index (κ2) is 7.86. The van der Waals surface area contributed by atoms with Gasteiger partial charge in [-0.15, -0.1) is 0 Å². The Bertz CT molecular complexity index is 930. The van der Waals surface area contributed by atoms with E-state index in [0.717, 1.165) is 56.9 Å². The predicted molar refractivity (Wildman–Crippen MR) is 116 cm³/mol. The summed E-state index contributed by atoms with van der Waals surface area (Å²) in [7, 11) is 0. The Morgan fingerprint density at radius 2 is 1.70 bits per heavy atom. The highest BCUT2D eigenvalue weighted by Crippen LogP contribution is 2.51. The van der Waals surface area contributed by atoms with E-state index in [1.165, 1.54) is 6.42 Å². The summed E-state index contributed by atoms with van der Waals surface area (Å²) in [5.41, 5.74) is 1.14. The number of carbonyl (C=O) groups excluding carboxylic acids is 2. The maximum atomic E-state index is 13.8. The number of nitrogens with one attached hydrogen (secondary N) is 1. The number of fused-ring (bicyclic) bond motifs is 1. The van der Waals surface area contributed by atoms with Crippen molar-refractivity contribution in [2.45, 2.75) is 75.3 Å². The van der Waals surface area contributed by atoms with Crippen LogP contribution in [-0.4, -0.2) is 33.3 Å². The van der Waals surface area contributed by atoms with Crippen LogP contribution in [0.2, 0.25) is 0 Å². The Morgan fingerprint density at radius 1 is 0.967 bits per heavy atom. The molecule has 1 aliphatic heterocycles. The van der Waals surface area contributed by atoms with Gasteiger partial charge in [0.2, 0.25) is 5.91 Å². The second-order valence-electron chi connectivity index (χ2n) is 9.00. The van der Waals surface area contributed by atoms with E-state index in [-0.39, 0.29) is 23.8 Å². The first-order chi connectivity index (χ1) is 14.7. The van der Waals surface area contributed by atoms with Gasteiger partial charge in [0.05, 0.1) is 11.5 Å². The van der Waals surface area contributed by atoms with E-state index in [9.17, 15) is 9.59 Å². The van der Waals surface area contributed by atoms with E-state index in [0.29, 0.717) is 11.4 Å². The normalized spacial score (nSPS) is 23.4. The van der Waals surface area contributed by atoms with Crippen LogP contribution in [0.3, 0.4) is 0 Å². The van der Waals surface area contributed by atoms with Gasteiger partial charge >= 0.3 is 0 Å². The number of pyridine rings is 1. The van der Waals surface area contributed by atoms with Gasteiger partial charge in [-0.3, -0.25) is 9.59 Å². The molecule has 0 bridgehead atoms. The molecule has 1 spiro atoms. The molecule has 5 heteroatoms. The van der Waals surface area contributed by atoms with E-state index in [1.807, 2.05) is 42.5 Å². The molecule has 3 aliphatic rings. The number of amides is 2. The molecule has 1 N–H and O–H groups in total. The molecule has 5 rings (SSSR count). The van der Waals surface area contributed by atoms with Crippen LogP contribution in [0.5, 0.6) is 0 Å². The topological polar surface area (TPSA) is 62.3 Å². The quantitative estimate of drug-likeness (QED) is 0.792. The van der Waals surface area contributed by atoms with Crippen LogP contribution < -0.4 is 5.32 Å². The number of aromatic nitrogens is 1. The minimum absolute atomic E-state index is 0.0430. The summed E-state index contributed by atoms with van der Waals surface area (Å²) in [6, 6.07) is 13.5. The van der Waals surface area contributed by atoms with Gasteiger partial charge in [0.1, 0.15) is 5.82 Å². The third-order valence-electron chi connectivity index (χ3n) is 7.33. The fourth-order valence-corrected chi connectivity index (χ4v) is 6.11. The molecule has 0 radical (unpaired) electrons. The zero-order chi connectivity index (χ0) is 20.6. The van der Waals surface area contributed by atoms with Crippen molar-refractivity contribution in [3.63, 3.8) is 0 Å². The molecular weight excluding hydrogens is 374 g/mol. The second-order valence-corrected chi connectivity index (χ2v) is 9.00. The molecular formula is C25H29N3O2. The lowest BCUT2D eigenvalue weighted by atomic mass is 9.64. The zero-order valence-electron chi connectivity index (χ0n) is 17.3. The molecule has 0 saturated heterocycles. The SMILES string of the molecule is O=C(Nc1ccccn1)C1c2ccccc2C(=O)N(C2CCCC2)C12CCCCC2. The summed E-state index contributed by atoms with van der Waals surface area (Å²) in [6.45, 7) is 0. The molecule has 30 heavy (non-hydrogen) atoms. The van der Waals surface area contributed by atoms with E-state index < -0.39 is 5.54 Å². The minimum Gasteiger partial charge on any atom is -0.329 e. The van der Waals surface area contributed by atoms with Crippen LogP contribution in [0.15, 0.2) is 48.7 Å². The van der Waals surface area contributed by atoms with Crippen molar-refractivity contribution in [3.8, 4) is 0 Å². The number of hydrogen-bond donors (Lipinski definition) is 1. The molecule has 156 valence electrons. The number of nitrogens with zero attached hydrogens (tertiary/aromatic N) is 2. The van der Waals surface area contributed by atoms with Crippen molar-refractivity contribution in [3.05, 3.63) is 59.8 Å². The molecule has 1 unspecified atom stereocenters. The summed E-state index contributed by atoms with van der Waals surface area (Å²) in [6.07, 6.45) is 11.2. The van der Waals surface area contributed by atoms with Crippen molar-refractivity contribution in [2.24, 2.45) is 0 Å². The molecule has 1 atom stereocenters. The Morgan fingerprint density at radius 3 is 2.43 bits per heavy atom. The first-order valence-corrected chi connectivity index (χ1v) is 11.4. The zero-order valence-corrected chi connectivity index (χ0v) is 17.3. The average Bonchev–Trinajstić information content (AvgIpc) is 3.29. The molecule has 2 fully saturated rings. The first kappa shape index (κ1) is 19.3. The van der Waals surface area contributed by atoms with Gasteiger partial charge in [0.25, 0.3) is 5.91 Å². The molecule has 2 saturated carbocycles. The van der Waals surface area contributed by atoms with Crippen molar-refractivity contribution < 1.29 is 9.59 Å². The molecule has 2 aliphatic carbocycles. The fraction of sp³-hybridized carbons (Fsp3) is 0.480. The molecule has 5 nitrogen and oxygen atoms in total. The number of anilines is 1. The molecule has 2 aromatic rings. The van der Waals surface area contributed by atoms with E-state index in [4.69, 9.17) is 0 Å². The Hall–Kier alpha value is -2.69. The highest BCUT2D eigenvalue weighted by atomic mass is 16.2. The van der Waals surface area contributed by atoms with Crippen LogP contribution in [0.1, 0.15) is 79.6 Å². The van der Waals surface area contributed by atoms with Gasteiger partial charge in [0, 0.05) is 17.8 Å². The van der Waals surface area contributed by atoms with Crippen LogP contribution in [0.25, 0.3) is 0 Å². The van der Waals surface area contributed by atoms with Crippen LogP contribution in [-0.2, 0) is 4.79 Å². The molecule has 2 heterocycles. The van der Waals surface area contributed by atoms with E-state index in [1.54, 1.807) is 6.20 Å². The predicted octanol–water partition coefficient (Wildman–Crippen LogP) is 4.91. The van der Waals surface area contributed by atoms with Crippen molar-refractivity contribution in [1.82, 2.24) is 9.88 Å². The lowest BCUT2D eigenvalue weighted by Gasteiger charge is -2.55. The van der Waals surface area contributed by atoms with Crippen LogP contribution in [0.4, 0.5) is 5.82 Å². The highest BCUT2D eigenvalue weighted by molar-refractivity contribution is 6.05. The molecule has 1 aromatic heterocycles. The summed E-state index contributed by atoms with van der Waals surface area (Å²) in [5, 5.41) is 3.06. The van der Waals surface area contributed by atoms with Crippen LogP contribution >= 0.6 is 0 Å². The van der Waals surface area contributed by atoms with E-state index >= 15 is 0 Å². The number of rotatable bonds is 3. The minimum atomic E-state index is -0.433. The summed E-state index contributed by atoms with van der Waals surface area (Å²) in [5.74, 6) is 0.282. The lowest BCUT2D eigenvalue weighted by Crippen LogP contribution is -2.64. The van der Waals surface area contributed by atoms with Gasteiger partial charge in [-0.05, 0) is 49.4 Å². The smallest absolute Gasteiger partial charge is 0.254 e. The summed E-state index contributed by atoms with van der Waals surface area (Å²) < 4.78 is 0. The summed E-state index contributed by atoms with van der Waals surface area (Å²) >= 11 is 0. The standard InChI is InChI=1S/C25H29N3O2/c29-23(27-21-14-6-9-17-26-21)22-19-12-4-5-13-20(19)24(30)28(18-10-2-3-11-18)25(22)15-7-1-8-16-25/h4-6,9,12-14,17-18,22H,1-3,7-8,10-11,15-16H2,(H,26,27,29). The maximum absolute atomic E-state index is 13.8. The maximum Gasteiger partial charge on any atom is 0.254 e. The average molecular weight is 404 g/mol. The van der Waals surface area contributed by atoms with E-state index in [2.05, 4.69) is 15.2 Å². The fourth-order valence-electron chi connectivity index (χ4n) is 6.11. The highest BCUT2D eigenvalue weighted by Gasteiger charge is 2.56. The number of carbonyl (C=O) groups is 2. The van der Waals surface area contributed by atoms with Gasteiger partial charge < -0.3 is 10.2 Å². The molecule has 2 amide bonds. The number of hydrogen-bond acceptors (Lipinski definition) is 3. The van der Waals surface area contributed by atoms with Crippen molar-refractivity contribution in [1.29, 1.82) is 0 Å². The third kappa shape index (κ3) is 3.11. The van der Waals surface area contributed by atoms with Gasteiger partial charge in [0.15, 0.2) is 0 Å². The van der Waals surface area contributed by atoms with Gasteiger partial charge in [-0.1, -0.05) is 56.4 Å². The Labute approximate surface area is 177 Å². The van der Waals surface area contributed by atoms with Crippen molar-refractivity contribution in [2.75, 3.05) is 5.32 Å². The monoisotopic (exact) mass is 403 g/mol. The Balaban J connectivity index is 1.63. The summed E-state index contributed by atoms with van der Waals surface area (Å²) in [4.78, 5) is 34.0. The third-order valence-corrected chi connectivity index (χ3v) is 7.33. The Kier molecular flexibility index (Phi) is 5.05. The van der Waals surface area contributed by atoms with Gasteiger partial charge in [-0.25, -0.2) is 4.98 Å². The largest absolute Gasteiger partial charge is 0.329 e. The van der Waals surface area contributed by atoms with Gasteiger partial charge in [-0.2, -0.15) is 0 Å². The van der Waals surface area contributed by atoms with Crippen molar-refractivity contribution >= 4 is 17.6 Å².